The monoisotopic (exact) mass is 574 g/mol. The van der Waals surface area contributed by atoms with Gasteiger partial charge in [0, 0.05) is 80.9 Å². The molecule has 0 aromatic heterocycles. The Hall–Kier alpha value is -2.46. The number of aliphatic imine (C=N–C) groups is 1. The molecule has 2 atom stereocenters. The maximum atomic E-state index is 7.92. The van der Waals surface area contributed by atoms with Gasteiger partial charge in [-0.05, 0) is 69.6 Å². The van der Waals surface area contributed by atoms with Crippen molar-refractivity contribution in [3.05, 3.63) is 35.0 Å². The van der Waals surface area contributed by atoms with Gasteiger partial charge < -0.3 is 37.0 Å². The normalized spacial score (nSPS) is 21.2. The number of unbranched alkanes of at least 4 members (excludes halogenated alkanes) is 4. The second kappa shape index (κ2) is 19.6. The Morgan fingerprint density at radius 3 is 2.59 bits per heavy atom. The molecular formula is C32H58N6O3. The van der Waals surface area contributed by atoms with Gasteiger partial charge in [-0.2, -0.15) is 0 Å². The number of anilines is 2. The number of allylic oxidation sites excluding steroid dienone is 1. The fourth-order valence-electron chi connectivity index (χ4n) is 6.06. The van der Waals surface area contributed by atoms with Gasteiger partial charge in [0.15, 0.2) is 0 Å². The van der Waals surface area contributed by atoms with E-state index in [2.05, 4.69) is 48.0 Å². The number of hydrogen-bond acceptors (Lipinski definition) is 7. The van der Waals surface area contributed by atoms with Crippen molar-refractivity contribution >= 4 is 23.3 Å². The van der Waals surface area contributed by atoms with Crippen LogP contribution in [-0.4, -0.2) is 86.3 Å². The van der Waals surface area contributed by atoms with Gasteiger partial charge in [-0.15, -0.1) is 0 Å². The van der Waals surface area contributed by atoms with Crippen LogP contribution < -0.4 is 16.0 Å². The molecule has 234 valence electrons. The second-order valence-electron chi connectivity index (χ2n) is 11.2. The average Bonchev–Trinajstić information content (AvgIpc) is 3.41. The SMILES string of the molecule is CCCN(CCCCCCCN=C1CCC/C1=C(/N)CN1C[C@H](CC)O[C@H](C)C1)c1cccc(NC)c1C=N.O.O. The van der Waals surface area contributed by atoms with E-state index in [1.165, 1.54) is 55.3 Å². The summed E-state index contributed by atoms with van der Waals surface area (Å²) in [6.45, 7) is 12.3. The predicted octanol–water partition coefficient (Wildman–Crippen LogP) is 4.58. The van der Waals surface area contributed by atoms with Crippen LogP contribution in [0.15, 0.2) is 34.5 Å². The summed E-state index contributed by atoms with van der Waals surface area (Å²) in [5, 5.41) is 11.1. The lowest BCUT2D eigenvalue weighted by molar-refractivity contribution is -0.0752. The maximum absolute atomic E-state index is 7.92. The largest absolute Gasteiger partial charge is 0.412 e. The molecule has 0 bridgehead atoms. The average molecular weight is 575 g/mol. The lowest BCUT2D eigenvalue weighted by Crippen LogP contribution is -2.47. The van der Waals surface area contributed by atoms with Gasteiger partial charge in [-0.25, -0.2) is 0 Å². The summed E-state index contributed by atoms with van der Waals surface area (Å²) in [4.78, 5) is 9.92. The van der Waals surface area contributed by atoms with Crippen LogP contribution in [0.5, 0.6) is 0 Å². The number of nitrogens with two attached hydrogens (primary N) is 1. The molecule has 9 heteroatoms. The van der Waals surface area contributed by atoms with E-state index in [-0.39, 0.29) is 17.1 Å². The van der Waals surface area contributed by atoms with Crippen molar-refractivity contribution in [2.75, 3.05) is 56.5 Å². The summed E-state index contributed by atoms with van der Waals surface area (Å²) in [5.41, 5.74) is 13.4. The standard InChI is InChI=1S/C32H54N6O.2H2O/c1-5-19-38(32-17-13-15-30(35-4)28(32)21-33)20-11-9-7-8-10-18-36-31-16-12-14-27(31)29(34)24-37-22-25(3)39-26(6-2)23-37;;/h13,15,17,21,25-26,33,35H,5-12,14,16,18-20,22-24,34H2,1-4H3;2*1H2/b29-27-,33-21?,36-31?;;/t25-,26+;;/m1../s1. The third-order valence-corrected chi connectivity index (χ3v) is 8.05. The highest BCUT2D eigenvalue weighted by molar-refractivity contribution is 6.02. The highest BCUT2D eigenvalue weighted by Gasteiger charge is 2.26. The van der Waals surface area contributed by atoms with E-state index in [1.54, 1.807) is 0 Å². The maximum Gasteiger partial charge on any atom is 0.0703 e. The zero-order chi connectivity index (χ0) is 28.0. The van der Waals surface area contributed by atoms with Crippen LogP contribution in [0, 0.1) is 5.41 Å². The summed E-state index contributed by atoms with van der Waals surface area (Å²) in [6.07, 6.45) is 13.6. The molecule has 1 aliphatic carbocycles. The van der Waals surface area contributed by atoms with Crippen molar-refractivity contribution < 1.29 is 15.7 Å². The smallest absolute Gasteiger partial charge is 0.0703 e. The van der Waals surface area contributed by atoms with E-state index >= 15 is 0 Å². The van der Waals surface area contributed by atoms with E-state index in [9.17, 15) is 0 Å². The molecule has 1 aliphatic heterocycles. The topological polar surface area (TPSA) is 153 Å². The summed E-state index contributed by atoms with van der Waals surface area (Å²) in [6, 6.07) is 6.28. The van der Waals surface area contributed by atoms with Crippen molar-refractivity contribution in [1.82, 2.24) is 4.90 Å². The van der Waals surface area contributed by atoms with Crippen molar-refractivity contribution in [3.63, 3.8) is 0 Å². The zero-order valence-electron chi connectivity index (χ0n) is 26.1. The molecule has 41 heavy (non-hydrogen) atoms. The number of benzene rings is 1. The Labute approximate surface area is 248 Å². The summed E-state index contributed by atoms with van der Waals surface area (Å²) in [7, 11) is 1.92. The lowest BCUT2D eigenvalue weighted by atomic mass is 10.1. The first-order chi connectivity index (χ1) is 19.0. The van der Waals surface area contributed by atoms with Gasteiger partial charge in [-0.1, -0.05) is 39.2 Å². The Morgan fingerprint density at radius 1 is 1.12 bits per heavy atom. The molecule has 1 heterocycles. The Balaban J connectivity index is 0.00000420. The van der Waals surface area contributed by atoms with Crippen LogP contribution in [0.25, 0.3) is 0 Å². The minimum absolute atomic E-state index is 0. The molecular weight excluding hydrogens is 516 g/mol. The molecule has 0 spiro atoms. The van der Waals surface area contributed by atoms with E-state index in [4.69, 9.17) is 20.9 Å². The van der Waals surface area contributed by atoms with Gasteiger partial charge in [0.25, 0.3) is 0 Å². The molecule has 1 aromatic rings. The van der Waals surface area contributed by atoms with Crippen LogP contribution in [0.4, 0.5) is 11.4 Å². The first kappa shape index (κ1) is 36.6. The minimum Gasteiger partial charge on any atom is -0.412 e. The minimum atomic E-state index is 0. The molecule has 0 amide bonds. The molecule has 1 saturated carbocycles. The van der Waals surface area contributed by atoms with Crippen molar-refractivity contribution in [2.24, 2.45) is 10.7 Å². The quantitative estimate of drug-likeness (QED) is 0.195. The highest BCUT2D eigenvalue weighted by Crippen LogP contribution is 2.27. The van der Waals surface area contributed by atoms with Crippen LogP contribution in [0.1, 0.15) is 90.5 Å². The van der Waals surface area contributed by atoms with Crippen LogP contribution in [0.3, 0.4) is 0 Å². The Kier molecular flexibility index (Phi) is 17.5. The Bertz CT molecular complexity index is 967. The number of nitrogens with one attached hydrogen (secondary N) is 2. The highest BCUT2D eigenvalue weighted by atomic mass is 16.5. The number of hydrogen-bond donors (Lipinski definition) is 3. The molecule has 8 N–H and O–H groups in total. The van der Waals surface area contributed by atoms with Gasteiger partial charge in [0.1, 0.15) is 0 Å². The Morgan fingerprint density at radius 2 is 1.88 bits per heavy atom. The summed E-state index contributed by atoms with van der Waals surface area (Å²) < 4.78 is 6.02. The molecule has 0 radical (unpaired) electrons. The van der Waals surface area contributed by atoms with E-state index < -0.39 is 0 Å². The third kappa shape index (κ3) is 11.0. The number of morpholine rings is 1. The molecule has 2 aliphatic rings. The molecule has 2 fully saturated rings. The van der Waals surface area contributed by atoms with Crippen molar-refractivity contribution in [1.29, 1.82) is 5.41 Å². The third-order valence-electron chi connectivity index (χ3n) is 8.05. The number of rotatable bonds is 16. The number of ether oxygens (including phenoxy) is 1. The van der Waals surface area contributed by atoms with Crippen molar-refractivity contribution in [3.8, 4) is 0 Å². The molecule has 0 unspecified atom stereocenters. The van der Waals surface area contributed by atoms with Crippen LogP contribution in [-0.2, 0) is 4.74 Å². The first-order valence-electron chi connectivity index (χ1n) is 15.5. The lowest BCUT2D eigenvalue weighted by Gasteiger charge is -2.36. The van der Waals surface area contributed by atoms with E-state index in [1.807, 2.05) is 13.1 Å². The molecule has 3 rings (SSSR count). The summed E-state index contributed by atoms with van der Waals surface area (Å²) >= 11 is 0. The molecule has 1 saturated heterocycles. The molecule has 9 nitrogen and oxygen atoms in total. The van der Waals surface area contributed by atoms with Crippen LogP contribution >= 0.6 is 0 Å². The van der Waals surface area contributed by atoms with Crippen molar-refractivity contribution in [2.45, 2.75) is 97.2 Å². The number of nitrogens with zero attached hydrogens (tertiary/aromatic N) is 3. The fraction of sp³-hybridized carbons (Fsp3) is 0.688. The fourth-order valence-corrected chi connectivity index (χ4v) is 6.06. The first-order valence-corrected chi connectivity index (χ1v) is 15.5. The zero-order valence-corrected chi connectivity index (χ0v) is 26.1. The predicted molar refractivity (Wildman–Crippen MR) is 175 cm³/mol. The van der Waals surface area contributed by atoms with E-state index in [0.717, 1.165) is 88.3 Å². The summed E-state index contributed by atoms with van der Waals surface area (Å²) in [5.74, 6) is 0. The van der Waals surface area contributed by atoms with Crippen LogP contribution in [0.2, 0.25) is 0 Å². The van der Waals surface area contributed by atoms with E-state index in [0.29, 0.717) is 6.10 Å². The molecule has 1 aromatic carbocycles. The van der Waals surface area contributed by atoms with Gasteiger partial charge >= 0.3 is 0 Å². The van der Waals surface area contributed by atoms with Gasteiger partial charge in [-0.3, -0.25) is 9.89 Å². The van der Waals surface area contributed by atoms with Gasteiger partial charge in [0.2, 0.25) is 0 Å². The second-order valence-corrected chi connectivity index (χ2v) is 11.2. The van der Waals surface area contributed by atoms with Gasteiger partial charge in [0.05, 0.1) is 12.2 Å².